The van der Waals surface area contributed by atoms with E-state index >= 15 is 0 Å². The Morgan fingerprint density at radius 3 is 2.00 bits per heavy atom. The van der Waals surface area contributed by atoms with Gasteiger partial charge in [0.1, 0.15) is 30.4 Å². The monoisotopic (exact) mass is 702 g/mol. The van der Waals surface area contributed by atoms with Crippen molar-refractivity contribution in [3.8, 4) is 45.5 Å². The Kier molecular flexibility index (Phi) is 9.79. The molecule has 1 aliphatic heterocycles. The number of nitro benzene ring substituents is 1. The number of fused-ring (bicyclic) bond motifs is 1. The maximum Gasteiger partial charge on any atom is 0.269 e. The predicted octanol–water partition coefficient (Wildman–Crippen LogP) is 9.67. The van der Waals surface area contributed by atoms with Gasteiger partial charge in [-0.15, -0.1) is 5.10 Å². The summed E-state index contributed by atoms with van der Waals surface area (Å²) in [6, 6.07) is 16.6. The van der Waals surface area contributed by atoms with Crippen LogP contribution in [0.4, 0.5) is 5.69 Å². The minimum Gasteiger partial charge on any atom is -0.543 e. The summed E-state index contributed by atoms with van der Waals surface area (Å²) >= 11 is 0. The average molecular weight is 703 g/mol. The molecule has 0 saturated carbocycles. The van der Waals surface area contributed by atoms with E-state index in [0.29, 0.717) is 37.0 Å². The Hall–Kier alpha value is -4.17. The van der Waals surface area contributed by atoms with Gasteiger partial charge in [0, 0.05) is 29.3 Å². The van der Waals surface area contributed by atoms with Crippen LogP contribution >= 0.6 is 0 Å². The number of nitro groups is 1. The summed E-state index contributed by atoms with van der Waals surface area (Å²) in [6.45, 7) is 25.9. The normalized spacial score (nSPS) is 13.7. The third-order valence-electron chi connectivity index (χ3n) is 10.2. The topological polar surface area (TPSA) is 111 Å². The summed E-state index contributed by atoms with van der Waals surface area (Å²) in [5.41, 5.74) is 5.09. The minimum atomic E-state index is -2.33. The molecule has 0 saturated heterocycles. The van der Waals surface area contributed by atoms with Crippen LogP contribution in [0.3, 0.4) is 0 Å². The molecule has 3 aromatic carbocycles. The Morgan fingerprint density at radius 2 is 1.43 bits per heavy atom. The summed E-state index contributed by atoms with van der Waals surface area (Å²) in [6.07, 6.45) is 0.758. The molecule has 1 aromatic heterocycles. The predicted molar refractivity (Wildman–Crippen MR) is 199 cm³/mol. The van der Waals surface area contributed by atoms with Gasteiger partial charge in [0.05, 0.1) is 17.2 Å². The number of non-ortho nitro benzene ring substituents is 1. The lowest BCUT2D eigenvalue weighted by Crippen LogP contribution is -2.44. The van der Waals surface area contributed by atoms with Crippen molar-refractivity contribution in [2.75, 3.05) is 13.2 Å². The highest BCUT2D eigenvalue weighted by Crippen LogP contribution is 2.47. The number of benzene rings is 3. The average Bonchev–Trinajstić information content (AvgIpc) is 3.42. The molecule has 0 N–H and O–H groups in total. The van der Waals surface area contributed by atoms with Gasteiger partial charge in [-0.3, -0.25) is 10.1 Å². The molecule has 0 amide bonds. The first-order valence-corrected chi connectivity index (χ1v) is 22.7. The zero-order chi connectivity index (χ0) is 35.9. The molecule has 0 fully saturated rings. The van der Waals surface area contributed by atoms with Crippen molar-refractivity contribution < 1.29 is 23.2 Å². The standard InChI is InChI=1S/C37H50N4O6Si2/c1-12-26-21-29(32(47-49(10,11)37(5,6)7)23-31(26)46-48(8,9)36(2,3)4)34-35(27-15-18-30-33(22-27)45-20-19-44-30)40(39-38-34)24-25-13-16-28(17-14-25)41(42)43/h13-18,21-23H,12,19-20,24H2,1-11H3. The SMILES string of the molecule is CCc1cc(-c2nnn(Cc3ccc([N+](=O)[O-])cc3)c2-c2ccc3c(c2)OCCO3)c(O[Si](C)(C)C(C)(C)C)cc1O[Si](C)(C)C(C)(C)C. The second-order valence-electron chi connectivity index (χ2n) is 15.8. The fourth-order valence-electron chi connectivity index (χ4n) is 5.08. The van der Waals surface area contributed by atoms with Gasteiger partial charge in [-0.25, -0.2) is 4.68 Å². The third-order valence-corrected chi connectivity index (χ3v) is 18.9. The highest BCUT2D eigenvalue weighted by Gasteiger charge is 2.42. The van der Waals surface area contributed by atoms with E-state index in [1.54, 1.807) is 12.1 Å². The van der Waals surface area contributed by atoms with Gasteiger partial charge >= 0.3 is 0 Å². The molecule has 0 atom stereocenters. The Balaban J connectivity index is 1.73. The summed E-state index contributed by atoms with van der Waals surface area (Å²) < 4.78 is 27.7. The van der Waals surface area contributed by atoms with Gasteiger partial charge in [0.25, 0.3) is 14.0 Å². The first kappa shape index (κ1) is 36.1. The van der Waals surface area contributed by atoms with E-state index in [-0.39, 0.29) is 15.8 Å². The molecule has 12 heteroatoms. The van der Waals surface area contributed by atoms with E-state index in [4.69, 9.17) is 23.4 Å². The molecular weight excluding hydrogens is 653 g/mol. The van der Waals surface area contributed by atoms with Crippen molar-refractivity contribution >= 4 is 22.3 Å². The molecule has 4 aromatic rings. The molecule has 0 aliphatic carbocycles. The van der Waals surface area contributed by atoms with Crippen molar-refractivity contribution in [3.63, 3.8) is 0 Å². The van der Waals surface area contributed by atoms with Gasteiger partial charge in [-0.05, 0) is 78.1 Å². The Bertz CT molecular complexity index is 1840. The lowest BCUT2D eigenvalue weighted by atomic mass is 9.99. The molecule has 49 heavy (non-hydrogen) atoms. The van der Waals surface area contributed by atoms with Crippen molar-refractivity contribution in [3.05, 3.63) is 75.8 Å². The van der Waals surface area contributed by atoms with Gasteiger partial charge < -0.3 is 18.3 Å². The van der Waals surface area contributed by atoms with Crippen LogP contribution in [0.1, 0.15) is 59.6 Å². The van der Waals surface area contributed by atoms with Crippen LogP contribution in [0.25, 0.3) is 22.5 Å². The first-order chi connectivity index (χ1) is 22.8. The zero-order valence-electron chi connectivity index (χ0n) is 30.8. The number of ether oxygens (including phenoxy) is 2. The van der Waals surface area contributed by atoms with E-state index < -0.39 is 21.6 Å². The van der Waals surface area contributed by atoms with Crippen molar-refractivity contribution in [1.82, 2.24) is 15.0 Å². The van der Waals surface area contributed by atoms with Crippen LogP contribution in [0.5, 0.6) is 23.0 Å². The molecule has 5 rings (SSSR count). The summed E-state index contributed by atoms with van der Waals surface area (Å²) in [5, 5.41) is 20.8. The van der Waals surface area contributed by atoms with Gasteiger partial charge in [0.15, 0.2) is 11.5 Å². The van der Waals surface area contributed by atoms with Crippen LogP contribution in [-0.2, 0) is 13.0 Å². The first-order valence-electron chi connectivity index (χ1n) is 16.9. The Labute approximate surface area is 292 Å². The lowest BCUT2D eigenvalue weighted by Gasteiger charge is -2.39. The molecule has 0 bridgehead atoms. The summed E-state index contributed by atoms with van der Waals surface area (Å²) in [5.74, 6) is 2.92. The van der Waals surface area contributed by atoms with Crippen LogP contribution in [-0.4, -0.2) is 49.8 Å². The maximum atomic E-state index is 11.3. The summed E-state index contributed by atoms with van der Waals surface area (Å²) in [7, 11) is -4.51. The van der Waals surface area contributed by atoms with Gasteiger partial charge in [-0.1, -0.05) is 65.8 Å². The van der Waals surface area contributed by atoms with Crippen molar-refractivity contribution in [1.29, 1.82) is 0 Å². The van der Waals surface area contributed by atoms with Gasteiger partial charge in [0.2, 0.25) is 8.32 Å². The highest BCUT2D eigenvalue weighted by atomic mass is 28.4. The number of nitrogens with zero attached hydrogens (tertiary/aromatic N) is 4. The van der Waals surface area contributed by atoms with Crippen molar-refractivity contribution in [2.45, 2.75) is 97.7 Å². The summed E-state index contributed by atoms with van der Waals surface area (Å²) in [4.78, 5) is 10.9. The number of rotatable bonds is 10. The maximum absolute atomic E-state index is 11.3. The molecular formula is C37H50N4O6Si2. The molecule has 0 radical (unpaired) electrons. The van der Waals surface area contributed by atoms with E-state index in [2.05, 4.69) is 92.0 Å². The fraction of sp³-hybridized carbons (Fsp3) is 0.459. The number of hydrogen-bond acceptors (Lipinski definition) is 8. The number of hydrogen-bond donors (Lipinski definition) is 0. The molecule has 0 unspecified atom stereocenters. The second kappa shape index (κ2) is 13.3. The zero-order valence-corrected chi connectivity index (χ0v) is 32.8. The number of aryl methyl sites for hydroxylation is 1. The lowest BCUT2D eigenvalue weighted by molar-refractivity contribution is -0.384. The largest absolute Gasteiger partial charge is 0.543 e. The Morgan fingerprint density at radius 1 is 0.837 bits per heavy atom. The third kappa shape index (κ3) is 7.54. The van der Waals surface area contributed by atoms with Crippen LogP contribution < -0.4 is 18.3 Å². The van der Waals surface area contributed by atoms with Crippen LogP contribution in [0.15, 0.2) is 54.6 Å². The highest BCUT2D eigenvalue weighted by molar-refractivity contribution is 6.75. The van der Waals surface area contributed by atoms with Crippen LogP contribution in [0.2, 0.25) is 36.3 Å². The van der Waals surface area contributed by atoms with E-state index in [9.17, 15) is 10.1 Å². The van der Waals surface area contributed by atoms with E-state index in [1.165, 1.54) is 12.1 Å². The quantitative estimate of drug-likeness (QED) is 0.0913. The number of aromatic nitrogens is 3. The van der Waals surface area contributed by atoms with E-state index in [1.807, 2.05) is 22.9 Å². The van der Waals surface area contributed by atoms with Crippen molar-refractivity contribution in [2.24, 2.45) is 0 Å². The fourth-order valence-corrected chi connectivity index (χ4v) is 7.15. The van der Waals surface area contributed by atoms with Crippen LogP contribution in [0, 0.1) is 10.1 Å². The minimum absolute atomic E-state index is 0.0170. The molecule has 1 aliphatic rings. The molecule has 262 valence electrons. The van der Waals surface area contributed by atoms with Gasteiger partial charge in [-0.2, -0.15) is 0 Å². The van der Waals surface area contributed by atoms with E-state index in [0.717, 1.165) is 45.9 Å². The second-order valence-corrected chi connectivity index (χ2v) is 25.2. The smallest absolute Gasteiger partial charge is 0.269 e. The molecule has 10 nitrogen and oxygen atoms in total. The molecule has 0 spiro atoms. The molecule has 2 heterocycles.